The zero-order valence-electron chi connectivity index (χ0n) is 23.8. The zero-order valence-corrected chi connectivity index (χ0v) is 27.0. The number of aryl methyl sites for hydroxylation is 1. The Hall–Kier alpha value is -4.41. The Balaban J connectivity index is 1.22. The van der Waals surface area contributed by atoms with Gasteiger partial charge in [0.1, 0.15) is 5.70 Å². The number of thioether (sulfide) groups is 1. The summed E-state index contributed by atoms with van der Waals surface area (Å²) in [6.45, 7) is 1.98. The van der Waals surface area contributed by atoms with Crippen molar-refractivity contribution in [1.29, 1.82) is 0 Å². The van der Waals surface area contributed by atoms with E-state index in [0.717, 1.165) is 21.0 Å². The molecule has 0 aliphatic carbocycles. The molecule has 5 aromatic rings. The number of nitrogens with one attached hydrogen (secondary N) is 3. The molecule has 45 heavy (non-hydrogen) atoms. The van der Waals surface area contributed by atoms with Crippen molar-refractivity contribution < 1.29 is 14.4 Å². The minimum atomic E-state index is -0.566. The van der Waals surface area contributed by atoms with Crippen LogP contribution in [0.2, 0.25) is 10.0 Å². The number of hydrogen-bond donors (Lipinski definition) is 3. The molecule has 1 aromatic heterocycles. The van der Waals surface area contributed by atoms with Crippen molar-refractivity contribution in [1.82, 2.24) is 10.3 Å². The number of anilines is 2. The maximum absolute atomic E-state index is 13.4. The maximum atomic E-state index is 13.4. The molecule has 0 radical (unpaired) electrons. The Bertz CT molecular complexity index is 1840. The Morgan fingerprint density at radius 2 is 1.47 bits per heavy atom. The molecule has 0 unspecified atom stereocenters. The van der Waals surface area contributed by atoms with Gasteiger partial charge in [-0.15, -0.1) is 23.1 Å². The first-order valence-electron chi connectivity index (χ1n) is 13.7. The van der Waals surface area contributed by atoms with Crippen LogP contribution in [0, 0.1) is 6.92 Å². The fourth-order valence-corrected chi connectivity index (χ4v) is 6.24. The number of rotatable bonds is 10. The van der Waals surface area contributed by atoms with E-state index in [9.17, 15) is 14.4 Å². The highest BCUT2D eigenvalue weighted by Gasteiger charge is 2.17. The molecule has 7 nitrogen and oxygen atoms in total. The van der Waals surface area contributed by atoms with E-state index in [1.807, 2.05) is 37.3 Å². The first-order chi connectivity index (χ1) is 21.8. The van der Waals surface area contributed by atoms with Crippen molar-refractivity contribution in [2.45, 2.75) is 11.8 Å². The Labute approximate surface area is 278 Å². The SMILES string of the molecule is Cc1sc(NC(=O)CSc2ccc(NC(=O)/C(=C/c3c(Cl)cccc3Cl)NC(=O)c3ccccc3)cc2)nc1-c1ccccc1. The van der Waals surface area contributed by atoms with Gasteiger partial charge in [-0.25, -0.2) is 4.98 Å². The summed E-state index contributed by atoms with van der Waals surface area (Å²) in [5, 5.41) is 9.56. The number of carbonyl (C=O) groups is 3. The van der Waals surface area contributed by atoms with E-state index in [1.165, 1.54) is 29.2 Å². The third-order valence-electron chi connectivity index (χ3n) is 6.39. The van der Waals surface area contributed by atoms with Gasteiger partial charge in [-0.2, -0.15) is 0 Å². The summed E-state index contributed by atoms with van der Waals surface area (Å²) >= 11 is 15.5. The highest BCUT2D eigenvalue weighted by Crippen LogP contribution is 2.31. The zero-order chi connectivity index (χ0) is 31.8. The third kappa shape index (κ3) is 8.61. The van der Waals surface area contributed by atoms with Crippen LogP contribution in [0.15, 0.2) is 114 Å². The van der Waals surface area contributed by atoms with Gasteiger partial charge in [0.25, 0.3) is 11.8 Å². The number of hydrogen-bond acceptors (Lipinski definition) is 6. The maximum Gasteiger partial charge on any atom is 0.272 e. The van der Waals surface area contributed by atoms with Gasteiger partial charge in [0.2, 0.25) is 5.91 Å². The van der Waals surface area contributed by atoms with Crippen LogP contribution >= 0.6 is 46.3 Å². The standard InChI is InChI=1S/C34H26Cl2N4O3S2/c1-21-31(22-9-4-2-5-10-22)40-34(45-21)39-30(41)20-44-25-17-15-24(16-18-25)37-33(43)29(19-26-27(35)13-8-14-28(26)36)38-32(42)23-11-6-3-7-12-23/h2-19H,20H2,1H3,(H,37,43)(H,38,42)(H,39,40,41)/b29-19-. The molecule has 5 rings (SSSR count). The number of aromatic nitrogens is 1. The number of benzene rings is 4. The molecule has 0 aliphatic rings. The number of carbonyl (C=O) groups excluding carboxylic acids is 3. The molecule has 0 fully saturated rings. The fourth-order valence-electron chi connectivity index (χ4n) is 4.19. The van der Waals surface area contributed by atoms with Gasteiger partial charge in [0, 0.05) is 42.2 Å². The van der Waals surface area contributed by atoms with Gasteiger partial charge in [0.05, 0.1) is 11.4 Å². The summed E-state index contributed by atoms with van der Waals surface area (Å²) in [4.78, 5) is 45.3. The first kappa shape index (κ1) is 32.0. The van der Waals surface area contributed by atoms with E-state index in [0.29, 0.717) is 32.0 Å². The summed E-state index contributed by atoms with van der Waals surface area (Å²) in [5.41, 5.74) is 3.09. The van der Waals surface area contributed by atoms with E-state index in [4.69, 9.17) is 23.2 Å². The predicted octanol–water partition coefficient (Wildman–Crippen LogP) is 8.57. The third-order valence-corrected chi connectivity index (χ3v) is 8.95. The largest absolute Gasteiger partial charge is 0.321 e. The second-order valence-corrected chi connectivity index (χ2v) is 12.7. The smallest absolute Gasteiger partial charge is 0.272 e. The van der Waals surface area contributed by atoms with E-state index in [2.05, 4.69) is 20.9 Å². The molecule has 11 heteroatoms. The molecule has 0 saturated carbocycles. The lowest BCUT2D eigenvalue weighted by Gasteiger charge is -2.13. The Morgan fingerprint density at radius 3 is 2.13 bits per heavy atom. The summed E-state index contributed by atoms with van der Waals surface area (Å²) in [5.74, 6) is -1.02. The molecule has 1 heterocycles. The van der Waals surface area contributed by atoms with Crippen molar-refractivity contribution in [3.8, 4) is 11.3 Å². The lowest BCUT2D eigenvalue weighted by molar-refractivity contribution is -0.114. The van der Waals surface area contributed by atoms with Crippen LogP contribution in [0.1, 0.15) is 20.8 Å². The van der Waals surface area contributed by atoms with Gasteiger partial charge in [-0.1, -0.05) is 77.8 Å². The van der Waals surface area contributed by atoms with Crippen molar-refractivity contribution in [2.75, 3.05) is 16.4 Å². The summed E-state index contributed by atoms with van der Waals surface area (Å²) in [6.07, 6.45) is 1.44. The summed E-state index contributed by atoms with van der Waals surface area (Å²) in [7, 11) is 0. The quantitative estimate of drug-likeness (QED) is 0.102. The van der Waals surface area contributed by atoms with Crippen LogP contribution in [-0.4, -0.2) is 28.5 Å². The van der Waals surface area contributed by atoms with Gasteiger partial charge >= 0.3 is 0 Å². The molecule has 226 valence electrons. The fraction of sp³-hybridized carbons (Fsp3) is 0.0588. The second kappa shape index (κ2) is 15.0. The van der Waals surface area contributed by atoms with E-state index in [1.54, 1.807) is 72.8 Å². The van der Waals surface area contributed by atoms with E-state index < -0.39 is 11.8 Å². The molecule has 4 aromatic carbocycles. The predicted molar refractivity (Wildman–Crippen MR) is 185 cm³/mol. The number of thiazole rings is 1. The highest BCUT2D eigenvalue weighted by atomic mass is 35.5. The molecule has 0 bridgehead atoms. The molecule has 0 aliphatic heterocycles. The molecule has 3 amide bonds. The summed E-state index contributed by atoms with van der Waals surface area (Å²) in [6, 6.07) is 30.4. The normalized spacial score (nSPS) is 11.1. The van der Waals surface area contributed by atoms with Crippen LogP contribution in [0.4, 0.5) is 10.8 Å². The number of halogens is 2. The topological polar surface area (TPSA) is 100 Å². The van der Waals surface area contributed by atoms with Gasteiger partial charge in [0.15, 0.2) is 5.13 Å². The minimum absolute atomic E-state index is 0.0400. The van der Waals surface area contributed by atoms with Crippen LogP contribution in [0.5, 0.6) is 0 Å². The number of amides is 3. The first-order valence-corrected chi connectivity index (χ1v) is 16.2. The van der Waals surface area contributed by atoms with Crippen molar-refractivity contribution in [2.24, 2.45) is 0 Å². The van der Waals surface area contributed by atoms with Crippen molar-refractivity contribution >= 4 is 80.9 Å². The van der Waals surface area contributed by atoms with Crippen molar-refractivity contribution in [3.05, 3.63) is 135 Å². The van der Waals surface area contributed by atoms with Crippen LogP contribution < -0.4 is 16.0 Å². The van der Waals surface area contributed by atoms with Crippen LogP contribution in [0.25, 0.3) is 17.3 Å². The average molecular weight is 674 g/mol. The van der Waals surface area contributed by atoms with Crippen LogP contribution in [0.3, 0.4) is 0 Å². The van der Waals surface area contributed by atoms with Gasteiger partial charge < -0.3 is 16.0 Å². The molecular weight excluding hydrogens is 647 g/mol. The van der Waals surface area contributed by atoms with Gasteiger partial charge in [-0.3, -0.25) is 14.4 Å². The van der Waals surface area contributed by atoms with Crippen LogP contribution in [-0.2, 0) is 9.59 Å². The Morgan fingerprint density at radius 1 is 0.822 bits per heavy atom. The van der Waals surface area contributed by atoms with E-state index in [-0.39, 0.29) is 17.4 Å². The van der Waals surface area contributed by atoms with E-state index >= 15 is 0 Å². The molecule has 0 atom stereocenters. The highest BCUT2D eigenvalue weighted by molar-refractivity contribution is 8.00. The summed E-state index contributed by atoms with van der Waals surface area (Å²) < 4.78 is 0. The molecule has 0 spiro atoms. The lowest BCUT2D eigenvalue weighted by Crippen LogP contribution is -2.30. The Kier molecular flexibility index (Phi) is 10.7. The molecule has 3 N–H and O–H groups in total. The monoisotopic (exact) mass is 672 g/mol. The van der Waals surface area contributed by atoms with Crippen molar-refractivity contribution in [3.63, 3.8) is 0 Å². The molecule has 0 saturated heterocycles. The second-order valence-electron chi connectivity index (χ2n) is 9.62. The minimum Gasteiger partial charge on any atom is -0.321 e. The van der Waals surface area contributed by atoms with Gasteiger partial charge in [-0.05, 0) is 61.5 Å². The lowest BCUT2D eigenvalue weighted by atomic mass is 10.1. The molecular formula is C34H26Cl2N4O3S2. The number of nitrogens with zero attached hydrogens (tertiary/aromatic N) is 1. The average Bonchev–Trinajstić information content (AvgIpc) is 3.42.